The molecule has 2 aromatic rings. The SMILES string of the molecule is O=C(c1ccc(-c2ccc(Cl)cc2)s1)N(CC1CC1)C1CC1. The number of carbonyl (C=O) groups excluding carboxylic acids is 1. The number of amides is 1. The number of halogens is 1. The van der Waals surface area contributed by atoms with Crippen molar-refractivity contribution in [2.45, 2.75) is 31.7 Å². The van der Waals surface area contributed by atoms with E-state index >= 15 is 0 Å². The normalized spacial score (nSPS) is 17.5. The fourth-order valence-electron chi connectivity index (χ4n) is 2.73. The number of thiophene rings is 1. The molecule has 1 heterocycles. The van der Waals surface area contributed by atoms with Crippen molar-refractivity contribution in [2.75, 3.05) is 6.54 Å². The summed E-state index contributed by atoms with van der Waals surface area (Å²) < 4.78 is 0. The molecule has 4 heteroatoms. The summed E-state index contributed by atoms with van der Waals surface area (Å²) in [5, 5.41) is 0.737. The molecule has 4 rings (SSSR count). The highest BCUT2D eigenvalue weighted by molar-refractivity contribution is 7.17. The lowest BCUT2D eigenvalue weighted by atomic mass is 10.2. The van der Waals surface area contributed by atoms with Crippen LogP contribution in [-0.4, -0.2) is 23.4 Å². The Balaban J connectivity index is 1.54. The van der Waals surface area contributed by atoms with Gasteiger partial charge in [0.2, 0.25) is 0 Å². The van der Waals surface area contributed by atoms with Gasteiger partial charge >= 0.3 is 0 Å². The molecular formula is C18H18ClNOS. The van der Waals surface area contributed by atoms with Crippen LogP contribution in [0.1, 0.15) is 35.4 Å². The van der Waals surface area contributed by atoms with Gasteiger partial charge in [-0.1, -0.05) is 23.7 Å². The second-order valence-electron chi connectivity index (χ2n) is 6.30. The van der Waals surface area contributed by atoms with E-state index in [9.17, 15) is 4.79 Å². The minimum Gasteiger partial charge on any atom is -0.335 e. The maximum Gasteiger partial charge on any atom is 0.264 e. The van der Waals surface area contributed by atoms with E-state index in [2.05, 4.69) is 4.90 Å². The third-order valence-corrected chi connectivity index (χ3v) is 5.72. The predicted octanol–water partition coefficient (Wildman–Crippen LogP) is 5.08. The van der Waals surface area contributed by atoms with Crippen LogP contribution in [0.15, 0.2) is 36.4 Å². The van der Waals surface area contributed by atoms with Crippen LogP contribution in [0, 0.1) is 5.92 Å². The number of hydrogen-bond donors (Lipinski definition) is 0. The summed E-state index contributed by atoms with van der Waals surface area (Å²) in [6, 6.07) is 12.3. The molecule has 2 aliphatic rings. The van der Waals surface area contributed by atoms with Crippen molar-refractivity contribution in [1.29, 1.82) is 0 Å². The van der Waals surface area contributed by atoms with Gasteiger partial charge in [0.25, 0.3) is 5.91 Å². The Morgan fingerprint density at radius 2 is 1.82 bits per heavy atom. The molecule has 2 nitrogen and oxygen atoms in total. The van der Waals surface area contributed by atoms with Gasteiger partial charge in [0.15, 0.2) is 0 Å². The lowest BCUT2D eigenvalue weighted by Gasteiger charge is -2.21. The largest absolute Gasteiger partial charge is 0.335 e. The molecule has 1 aromatic carbocycles. The second kappa shape index (κ2) is 5.71. The Bertz CT molecular complexity index is 685. The summed E-state index contributed by atoms with van der Waals surface area (Å²) in [7, 11) is 0. The maximum atomic E-state index is 12.8. The Morgan fingerprint density at radius 3 is 2.45 bits per heavy atom. The standard InChI is InChI=1S/C18H18ClNOS/c19-14-5-3-13(4-6-14)16-9-10-17(22-16)18(21)20(15-7-8-15)11-12-1-2-12/h3-6,9-10,12,15H,1-2,7-8,11H2. The average molecular weight is 332 g/mol. The van der Waals surface area contributed by atoms with Crippen LogP contribution in [0.25, 0.3) is 10.4 Å². The first-order chi connectivity index (χ1) is 10.7. The summed E-state index contributed by atoms with van der Waals surface area (Å²) in [5.74, 6) is 0.972. The average Bonchev–Trinajstić information content (AvgIpc) is 3.44. The van der Waals surface area contributed by atoms with Gasteiger partial charge in [-0.25, -0.2) is 0 Å². The topological polar surface area (TPSA) is 20.3 Å². The molecule has 22 heavy (non-hydrogen) atoms. The number of hydrogen-bond acceptors (Lipinski definition) is 2. The molecule has 0 aliphatic heterocycles. The summed E-state index contributed by atoms with van der Waals surface area (Å²) >= 11 is 7.52. The molecule has 0 spiro atoms. The summed E-state index contributed by atoms with van der Waals surface area (Å²) in [5.41, 5.74) is 1.12. The number of nitrogens with zero attached hydrogens (tertiary/aromatic N) is 1. The molecule has 0 N–H and O–H groups in total. The van der Waals surface area contributed by atoms with Gasteiger partial charge in [-0.15, -0.1) is 11.3 Å². The minimum absolute atomic E-state index is 0.222. The van der Waals surface area contributed by atoms with Crippen molar-refractivity contribution in [1.82, 2.24) is 4.90 Å². The van der Waals surface area contributed by atoms with Gasteiger partial charge < -0.3 is 4.90 Å². The smallest absolute Gasteiger partial charge is 0.264 e. The highest BCUT2D eigenvalue weighted by Crippen LogP contribution is 2.37. The van der Waals surface area contributed by atoms with Crippen molar-refractivity contribution < 1.29 is 4.79 Å². The first-order valence-electron chi connectivity index (χ1n) is 7.87. The van der Waals surface area contributed by atoms with Crippen LogP contribution in [-0.2, 0) is 0 Å². The molecule has 0 unspecified atom stereocenters. The number of benzene rings is 1. The first kappa shape index (κ1) is 14.3. The fraction of sp³-hybridized carbons (Fsp3) is 0.389. The van der Waals surface area contributed by atoms with Gasteiger partial charge in [0.05, 0.1) is 4.88 Å². The fourth-order valence-corrected chi connectivity index (χ4v) is 3.82. The zero-order valence-corrected chi connectivity index (χ0v) is 13.9. The lowest BCUT2D eigenvalue weighted by Crippen LogP contribution is -2.34. The third kappa shape index (κ3) is 3.06. The van der Waals surface area contributed by atoms with Crippen LogP contribution in [0.5, 0.6) is 0 Å². The van der Waals surface area contributed by atoms with Crippen LogP contribution in [0.4, 0.5) is 0 Å². The van der Waals surface area contributed by atoms with Gasteiger partial charge in [0, 0.05) is 22.5 Å². The summed E-state index contributed by atoms with van der Waals surface area (Å²) in [6.07, 6.45) is 4.93. The van der Waals surface area contributed by atoms with Gasteiger partial charge in [-0.05, 0) is 61.4 Å². The molecule has 1 aromatic heterocycles. The Labute approximate surface area is 139 Å². The van der Waals surface area contributed by atoms with Crippen LogP contribution >= 0.6 is 22.9 Å². The lowest BCUT2D eigenvalue weighted by molar-refractivity contribution is 0.0739. The highest BCUT2D eigenvalue weighted by Gasteiger charge is 2.37. The second-order valence-corrected chi connectivity index (χ2v) is 7.82. The molecule has 114 valence electrons. The minimum atomic E-state index is 0.222. The highest BCUT2D eigenvalue weighted by atomic mass is 35.5. The zero-order valence-electron chi connectivity index (χ0n) is 12.3. The molecule has 2 fully saturated rings. The van der Waals surface area contributed by atoms with Crippen molar-refractivity contribution in [3.8, 4) is 10.4 Å². The van der Waals surface area contributed by atoms with E-state index < -0.39 is 0 Å². The van der Waals surface area contributed by atoms with E-state index in [1.54, 1.807) is 11.3 Å². The molecule has 0 radical (unpaired) electrons. The predicted molar refractivity (Wildman–Crippen MR) is 91.5 cm³/mol. The van der Waals surface area contributed by atoms with E-state index in [0.29, 0.717) is 6.04 Å². The van der Waals surface area contributed by atoms with Crippen LogP contribution < -0.4 is 0 Å². The molecular weight excluding hydrogens is 314 g/mol. The molecule has 2 saturated carbocycles. The van der Waals surface area contributed by atoms with Crippen molar-refractivity contribution >= 4 is 28.8 Å². The maximum absolute atomic E-state index is 12.8. The number of carbonyl (C=O) groups is 1. The van der Waals surface area contributed by atoms with E-state index in [4.69, 9.17) is 11.6 Å². The van der Waals surface area contributed by atoms with Gasteiger partial charge in [-0.3, -0.25) is 4.79 Å². The van der Waals surface area contributed by atoms with Crippen LogP contribution in [0.2, 0.25) is 5.02 Å². The molecule has 2 aliphatic carbocycles. The molecule has 1 amide bonds. The van der Waals surface area contributed by atoms with Crippen molar-refractivity contribution in [3.63, 3.8) is 0 Å². The summed E-state index contributed by atoms with van der Waals surface area (Å²) in [4.78, 5) is 16.9. The number of rotatable bonds is 5. The van der Waals surface area contributed by atoms with Crippen molar-refractivity contribution in [3.05, 3.63) is 46.3 Å². The molecule has 0 bridgehead atoms. The first-order valence-corrected chi connectivity index (χ1v) is 9.07. The van der Waals surface area contributed by atoms with E-state index in [-0.39, 0.29) is 5.91 Å². The van der Waals surface area contributed by atoms with Crippen molar-refractivity contribution in [2.24, 2.45) is 5.92 Å². The zero-order chi connectivity index (χ0) is 15.1. The molecule has 0 atom stereocenters. The quantitative estimate of drug-likeness (QED) is 0.747. The Morgan fingerprint density at radius 1 is 1.09 bits per heavy atom. The van der Waals surface area contributed by atoms with Crippen LogP contribution in [0.3, 0.4) is 0 Å². The van der Waals surface area contributed by atoms with E-state index in [1.807, 2.05) is 36.4 Å². The van der Waals surface area contributed by atoms with E-state index in [0.717, 1.165) is 32.8 Å². The molecule has 0 saturated heterocycles. The monoisotopic (exact) mass is 331 g/mol. The Hall–Kier alpha value is -1.32. The van der Waals surface area contributed by atoms with Gasteiger partial charge in [-0.2, -0.15) is 0 Å². The Kier molecular flexibility index (Phi) is 3.71. The van der Waals surface area contributed by atoms with Gasteiger partial charge in [0.1, 0.15) is 0 Å². The summed E-state index contributed by atoms with van der Waals surface area (Å²) in [6.45, 7) is 0.956. The third-order valence-electron chi connectivity index (χ3n) is 4.35. The van der Waals surface area contributed by atoms with E-state index in [1.165, 1.54) is 25.7 Å².